The van der Waals surface area contributed by atoms with Gasteiger partial charge in [-0.05, 0) is 34.5 Å². The van der Waals surface area contributed by atoms with Gasteiger partial charge in [-0.25, -0.2) is 0 Å². The monoisotopic (exact) mass is 277 g/mol. The molecule has 0 aromatic heterocycles. The second-order valence-electron chi connectivity index (χ2n) is 3.98. The molecule has 0 bridgehead atoms. The molecule has 0 aliphatic heterocycles. The van der Waals surface area contributed by atoms with Crippen molar-refractivity contribution in [2.24, 2.45) is 5.92 Å². The molecule has 0 heterocycles. The van der Waals surface area contributed by atoms with Crippen LogP contribution in [0.2, 0.25) is 0 Å². The largest absolute Gasteiger partial charge is 0.491 e. The van der Waals surface area contributed by atoms with Crippen molar-refractivity contribution in [2.45, 2.75) is 12.8 Å². The van der Waals surface area contributed by atoms with Gasteiger partial charge in [0, 0.05) is 0 Å². The van der Waals surface area contributed by atoms with Crippen LogP contribution in [0, 0.1) is 5.92 Å². The van der Waals surface area contributed by atoms with Gasteiger partial charge in [-0.15, -0.1) is 0 Å². The van der Waals surface area contributed by atoms with E-state index in [-0.39, 0.29) is 12.1 Å². The number of rotatable bonds is 2. The van der Waals surface area contributed by atoms with Crippen LogP contribution in [0.1, 0.15) is 11.1 Å². The predicted octanol–water partition coefficient (Wildman–Crippen LogP) is 1.50. The van der Waals surface area contributed by atoms with Crippen molar-refractivity contribution in [1.29, 1.82) is 0 Å². The summed E-state index contributed by atoms with van der Waals surface area (Å²) in [7, 11) is -5.01. The van der Waals surface area contributed by atoms with Crippen molar-refractivity contribution in [3.63, 3.8) is 0 Å². The van der Waals surface area contributed by atoms with Crippen LogP contribution in [-0.2, 0) is 22.0 Å². The summed E-state index contributed by atoms with van der Waals surface area (Å²) in [5.74, 6) is 0.119. The van der Waals surface area contributed by atoms with Crippen molar-refractivity contribution in [1.82, 2.24) is 0 Å². The van der Waals surface area contributed by atoms with Gasteiger partial charge < -0.3 is 9.79 Å². The van der Waals surface area contributed by atoms with Gasteiger partial charge in [0.1, 0.15) is 0 Å². The van der Waals surface area contributed by atoms with Crippen LogP contribution in [0.5, 0.6) is 0 Å². The first kappa shape index (κ1) is 14.5. The van der Waals surface area contributed by atoms with Crippen molar-refractivity contribution in [3.05, 3.63) is 35.4 Å². The Morgan fingerprint density at radius 3 is 2.00 bits per heavy atom. The standard InChI is InChI=1S/C10H13O3P.HO2P/c11-14(12,13)7-8-5-9-3-1-2-4-10(9)6-8;1-3-2/h1-4,8H,5-7H2,(H2,11,12,13);3H/p+1. The van der Waals surface area contributed by atoms with Gasteiger partial charge in [0.2, 0.25) is 0 Å². The Labute approximate surface area is 101 Å². The SMILES string of the molecule is O=P(O)(O)CC1Cc2ccccc2C1.O=[PH+]O. The molecule has 0 radical (unpaired) electrons. The normalized spacial score (nSPS) is 15.2. The summed E-state index contributed by atoms with van der Waals surface area (Å²) in [6, 6.07) is 8.02. The average Bonchev–Trinajstić information content (AvgIpc) is 2.57. The van der Waals surface area contributed by atoms with Gasteiger partial charge in [-0.1, -0.05) is 24.3 Å². The van der Waals surface area contributed by atoms with Crippen molar-refractivity contribution in [3.8, 4) is 0 Å². The highest BCUT2D eigenvalue weighted by molar-refractivity contribution is 7.51. The van der Waals surface area contributed by atoms with Gasteiger partial charge >= 0.3 is 16.3 Å². The van der Waals surface area contributed by atoms with Crippen LogP contribution in [-0.4, -0.2) is 20.8 Å². The Morgan fingerprint density at radius 1 is 1.24 bits per heavy atom. The molecule has 1 unspecified atom stereocenters. The molecule has 5 nitrogen and oxygen atoms in total. The fourth-order valence-electron chi connectivity index (χ4n) is 2.12. The van der Waals surface area contributed by atoms with E-state index in [9.17, 15) is 4.57 Å². The molecular weight excluding hydrogens is 262 g/mol. The fraction of sp³-hybridized carbons (Fsp3) is 0.400. The zero-order valence-electron chi connectivity index (χ0n) is 9.11. The van der Waals surface area contributed by atoms with Crippen molar-refractivity contribution < 1.29 is 23.8 Å². The molecule has 2 rings (SSSR count). The number of benzene rings is 1. The van der Waals surface area contributed by atoms with E-state index in [4.69, 9.17) is 19.2 Å². The van der Waals surface area contributed by atoms with Gasteiger partial charge in [0.15, 0.2) is 0 Å². The Morgan fingerprint density at radius 2 is 1.65 bits per heavy atom. The Balaban J connectivity index is 0.000000437. The maximum Gasteiger partial charge on any atom is 0.491 e. The molecule has 1 atom stereocenters. The lowest BCUT2D eigenvalue weighted by molar-refractivity contribution is 0.362. The molecule has 1 aliphatic rings. The first-order valence-corrected chi connectivity index (χ1v) is 7.74. The molecule has 94 valence electrons. The maximum absolute atomic E-state index is 10.8. The van der Waals surface area contributed by atoms with E-state index in [0.717, 1.165) is 12.8 Å². The minimum absolute atomic E-state index is 0.0156. The first-order valence-electron chi connectivity index (χ1n) is 5.09. The molecule has 0 saturated carbocycles. The number of hydrogen-bond donors (Lipinski definition) is 3. The molecule has 0 saturated heterocycles. The van der Waals surface area contributed by atoms with Gasteiger partial charge in [0.05, 0.1) is 6.16 Å². The molecule has 3 N–H and O–H groups in total. The molecule has 1 aromatic carbocycles. The van der Waals surface area contributed by atoms with Crippen LogP contribution in [0.15, 0.2) is 24.3 Å². The second-order valence-corrected chi connectivity index (χ2v) is 5.86. The first-order chi connectivity index (χ1) is 7.96. The molecule has 1 aromatic rings. The number of hydrogen-bond acceptors (Lipinski definition) is 2. The highest BCUT2D eigenvalue weighted by Gasteiger charge is 2.27. The van der Waals surface area contributed by atoms with E-state index in [2.05, 4.69) is 0 Å². The third-order valence-corrected chi connectivity index (χ3v) is 3.62. The van der Waals surface area contributed by atoms with E-state index >= 15 is 0 Å². The molecule has 0 amide bonds. The summed E-state index contributed by atoms with van der Waals surface area (Å²) in [5, 5.41) is 0. The molecule has 1 aliphatic carbocycles. The Kier molecular flexibility index (Phi) is 5.44. The minimum atomic E-state index is -3.84. The zero-order chi connectivity index (χ0) is 12.9. The summed E-state index contributed by atoms with van der Waals surface area (Å²) in [6.45, 7) is 0. The van der Waals surface area contributed by atoms with Crippen LogP contribution in [0.25, 0.3) is 0 Å². The lowest BCUT2D eigenvalue weighted by atomic mass is 10.1. The van der Waals surface area contributed by atoms with Crippen LogP contribution in [0.3, 0.4) is 0 Å². The molecule has 17 heavy (non-hydrogen) atoms. The van der Waals surface area contributed by atoms with E-state index in [1.807, 2.05) is 24.3 Å². The van der Waals surface area contributed by atoms with E-state index in [1.54, 1.807) is 0 Å². The van der Waals surface area contributed by atoms with Crippen LogP contribution in [0.4, 0.5) is 0 Å². The van der Waals surface area contributed by atoms with E-state index in [0.29, 0.717) is 0 Å². The third-order valence-electron chi connectivity index (χ3n) is 2.63. The van der Waals surface area contributed by atoms with Gasteiger partial charge in [0.25, 0.3) is 0 Å². The minimum Gasteiger partial charge on any atom is -0.324 e. The van der Waals surface area contributed by atoms with E-state index in [1.165, 1.54) is 11.1 Å². The summed E-state index contributed by atoms with van der Waals surface area (Å²) in [6.07, 6.45) is 1.63. The second kappa shape index (κ2) is 6.39. The quantitative estimate of drug-likeness (QED) is 0.712. The molecule has 0 spiro atoms. The Bertz CT molecular complexity index is 403. The van der Waals surface area contributed by atoms with Crippen molar-refractivity contribution in [2.75, 3.05) is 6.16 Å². The molecule has 0 fully saturated rings. The average molecular weight is 277 g/mol. The fourth-order valence-corrected chi connectivity index (χ4v) is 3.05. The van der Waals surface area contributed by atoms with Crippen LogP contribution >= 0.6 is 16.3 Å². The topological polar surface area (TPSA) is 94.8 Å². The molecule has 7 heteroatoms. The predicted molar refractivity (Wildman–Crippen MR) is 65.5 cm³/mol. The van der Waals surface area contributed by atoms with E-state index < -0.39 is 16.3 Å². The number of fused-ring (bicyclic) bond motifs is 1. The van der Waals surface area contributed by atoms with Crippen molar-refractivity contribution >= 4 is 16.3 Å². The Hall–Kier alpha value is -0.570. The summed E-state index contributed by atoms with van der Waals surface area (Å²) in [5.41, 5.74) is 2.48. The lowest BCUT2D eigenvalue weighted by Crippen LogP contribution is -2.06. The summed E-state index contributed by atoms with van der Waals surface area (Å²) < 4.78 is 19.3. The maximum atomic E-state index is 10.8. The van der Waals surface area contributed by atoms with Crippen LogP contribution < -0.4 is 0 Å². The third kappa shape index (κ3) is 5.07. The van der Waals surface area contributed by atoms with Gasteiger partial charge in [-0.3, -0.25) is 4.57 Å². The highest BCUT2D eigenvalue weighted by atomic mass is 31.2. The zero-order valence-corrected chi connectivity index (χ0v) is 11.0. The van der Waals surface area contributed by atoms with Gasteiger partial charge in [-0.2, -0.15) is 4.89 Å². The highest BCUT2D eigenvalue weighted by Crippen LogP contribution is 2.41. The summed E-state index contributed by atoms with van der Waals surface area (Å²) >= 11 is 0. The molecular formula is C10H15O5P2+. The smallest absolute Gasteiger partial charge is 0.324 e. The summed E-state index contributed by atoms with van der Waals surface area (Å²) in [4.78, 5) is 24.8. The lowest BCUT2D eigenvalue weighted by Gasteiger charge is -2.09.